The van der Waals surface area contributed by atoms with Crippen LogP contribution < -0.4 is 20.7 Å². The molecule has 0 aromatic heterocycles. The number of carbonyl (C=O) groups is 2. The fourth-order valence-electron chi connectivity index (χ4n) is 5.40. The summed E-state index contributed by atoms with van der Waals surface area (Å²) in [5.41, 5.74) is 6.39. The Hall–Kier alpha value is -3.70. The SMILES string of the molecule is COc1c(C)c(N=NC(=O)c2ccccc2)c(O)c2c1N1C[C@@H]3N[C@@H]3[C@]1(OC)[C@@H]2COC(N)=O. The minimum absolute atomic E-state index is 0.0412. The predicted molar refractivity (Wildman–Crippen MR) is 121 cm³/mol. The number of nitrogens with one attached hydrogen (secondary N) is 1. The number of piperazine rings is 1. The summed E-state index contributed by atoms with van der Waals surface area (Å²) < 4.78 is 17.0. The number of hydrogen-bond donors (Lipinski definition) is 3. The van der Waals surface area contributed by atoms with E-state index in [1.807, 2.05) is 4.90 Å². The zero-order chi connectivity index (χ0) is 24.2. The lowest BCUT2D eigenvalue weighted by Gasteiger charge is -2.38. The molecule has 0 unspecified atom stereocenters. The molecule has 2 fully saturated rings. The van der Waals surface area contributed by atoms with Crippen molar-refractivity contribution >= 4 is 23.4 Å². The number of phenols is 1. The van der Waals surface area contributed by atoms with Gasteiger partial charge in [-0.25, -0.2) is 4.79 Å². The number of ether oxygens (including phenoxy) is 3. The number of benzene rings is 2. The Morgan fingerprint density at radius 3 is 2.68 bits per heavy atom. The standard InChI is InChI=1S/C23H25N5O6/c1-11-16(26-27-21(30)12-7-5-4-6-8-12)18(29)15-13(10-34-22(24)31)23(33-3)20-14(25-20)9-28(23)17(15)19(11)32-2/h4-8,13-14,20,25,29H,9-10H2,1-3H3,(H2,24,31)/t13-,14+,20+,23-/m1/s1. The number of phenolic OH excluding ortho intramolecular Hbond substituents is 1. The van der Waals surface area contributed by atoms with Crippen molar-refractivity contribution in [1.29, 1.82) is 0 Å². The van der Waals surface area contributed by atoms with Gasteiger partial charge in [-0.05, 0) is 19.1 Å². The molecule has 3 aliphatic heterocycles. The van der Waals surface area contributed by atoms with Crippen molar-refractivity contribution in [3.8, 4) is 11.5 Å². The number of rotatable bonds is 6. The minimum atomic E-state index is -0.934. The van der Waals surface area contributed by atoms with Crippen LogP contribution in [0, 0.1) is 6.92 Å². The molecule has 11 heteroatoms. The molecular formula is C23H25N5O6. The Balaban J connectivity index is 1.64. The summed E-state index contributed by atoms with van der Waals surface area (Å²) in [5.74, 6) is -0.859. The molecular weight excluding hydrogens is 442 g/mol. The van der Waals surface area contributed by atoms with E-state index in [0.717, 1.165) is 0 Å². The van der Waals surface area contributed by atoms with Gasteiger partial charge < -0.3 is 35.3 Å². The largest absolute Gasteiger partial charge is 0.505 e. The monoisotopic (exact) mass is 467 g/mol. The molecule has 2 amide bonds. The number of nitrogens with zero attached hydrogens (tertiary/aromatic N) is 3. The molecule has 0 spiro atoms. The van der Waals surface area contributed by atoms with Crippen LogP contribution in [0.4, 0.5) is 16.2 Å². The molecule has 3 aliphatic rings. The lowest BCUT2D eigenvalue weighted by molar-refractivity contribution is -0.0337. The van der Waals surface area contributed by atoms with Crippen LogP contribution in [0.2, 0.25) is 0 Å². The van der Waals surface area contributed by atoms with E-state index in [-0.39, 0.29) is 30.1 Å². The molecule has 0 saturated carbocycles. The third-order valence-corrected chi connectivity index (χ3v) is 6.88. The highest BCUT2D eigenvalue weighted by atomic mass is 16.6. The van der Waals surface area contributed by atoms with Gasteiger partial charge in [0, 0.05) is 36.4 Å². The van der Waals surface area contributed by atoms with Gasteiger partial charge in [-0.3, -0.25) is 4.79 Å². The minimum Gasteiger partial charge on any atom is -0.505 e. The van der Waals surface area contributed by atoms with Crippen molar-refractivity contribution in [2.24, 2.45) is 16.0 Å². The number of amides is 2. The zero-order valence-corrected chi connectivity index (χ0v) is 18.9. The Kier molecular flexibility index (Phi) is 5.18. The molecule has 34 heavy (non-hydrogen) atoms. The summed E-state index contributed by atoms with van der Waals surface area (Å²) in [6.45, 7) is 2.22. The first-order valence-electron chi connectivity index (χ1n) is 10.8. The number of methoxy groups -OCH3 is 2. The average Bonchev–Trinajstić information content (AvgIpc) is 3.45. The lowest BCUT2D eigenvalue weighted by Crippen LogP contribution is -2.54. The van der Waals surface area contributed by atoms with E-state index in [1.165, 1.54) is 7.11 Å². The van der Waals surface area contributed by atoms with E-state index >= 15 is 0 Å². The molecule has 11 nitrogen and oxygen atoms in total. The summed E-state index contributed by atoms with van der Waals surface area (Å²) in [5, 5.41) is 22.7. The number of nitrogens with two attached hydrogens (primary N) is 1. The van der Waals surface area contributed by atoms with Crippen molar-refractivity contribution in [1.82, 2.24) is 5.32 Å². The normalized spacial score (nSPS) is 26.2. The highest BCUT2D eigenvalue weighted by molar-refractivity contribution is 5.95. The summed E-state index contributed by atoms with van der Waals surface area (Å²) in [6, 6.07) is 8.66. The molecule has 4 N–H and O–H groups in total. The maximum Gasteiger partial charge on any atom is 0.404 e. The maximum atomic E-state index is 12.5. The Labute approximate surface area is 195 Å². The second kappa shape index (κ2) is 7.96. The molecule has 2 saturated heterocycles. The van der Waals surface area contributed by atoms with Crippen LogP contribution in [-0.4, -0.2) is 62.3 Å². The Bertz CT molecular complexity index is 1200. The summed E-state index contributed by atoms with van der Waals surface area (Å²) in [6.07, 6.45) is -0.934. The Morgan fingerprint density at radius 1 is 1.29 bits per heavy atom. The number of aromatic hydroxyl groups is 1. The van der Waals surface area contributed by atoms with Crippen molar-refractivity contribution in [3.63, 3.8) is 0 Å². The molecule has 3 heterocycles. The highest BCUT2D eigenvalue weighted by Gasteiger charge is 2.71. The third kappa shape index (κ3) is 3.04. The smallest absolute Gasteiger partial charge is 0.404 e. The second-order valence-electron chi connectivity index (χ2n) is 8.49. The molecule has 5 rings (SSSR count). The number of carbonyl (C=O) groups excluding carboxylic acids is 2. The maximum absolute atomic E-state index is 12.5. The predicted octanol–water partition coefficient (Wildman–Crippen LogP) is 2.33. The van der Waals surface area contributed by atoms with Gasteiger partial charge in [-0.15, -0.1) is 10.2 Å². The quantitative estimate of drug-likeness (QED) is 0.431. The number of fused-ring (bicyclic) bond motifs is 5. The van der Waals surface area contributed by atoms with Crippen molar-refractivity contribution < 1.29 is 28.9 Å². The van der Waals surface area contributed by atoms with Gasteiger partial charge in [0.15, 0.2) is 5.72 Å². The van der Waals surface area contributed by atoms with Gasteiger partial charge in [0.1, 0.15) is 23.8 Å². The molecule has 0 aliphatic carbocycles. The van der Waals surface area contributed by atoms with Crippen LogP contribution in [0.3, 0.4) is 0 Å². The van der Waals surface area contributed by atoms with Crippen LogP contribution in [0.1, 0.15) is 27.4 Å². The number of azo groups is 1. The van der Waals surface area contributed by atoms with E-state index in [0.29, 0.717) is 34.7 Å². The molecule has 2 aromatic rings. The molecule has 4 atom stereocenters. The zero-order valence-electron chi connectivity index (χ0n) is 18.9. The van der Waals surface area contributed by atoms with E-state index in [9.17, 15) is 14.7 Å². The molecule has 2 aromatic carbocycles. The highest BCUT2D eigenvalue weighted by Crippen LogP contribution is 2.64. The summed E-state index contributed by atoms with van der Waals surface area (Å²) in [4.78, 5) is 26.0. The summed E-state index contributed by atoms with van der Waals surface area (Å²) >= 11 is 0. The first-order valence-corrected chi connectivity index (χ1v) is 10.8. The van der Waals surface area contributed by atoms with Crippen molar-refractivity contribution in [2.75, 3.05) is 32.3 Å². The number of anilines is 1. The van der Waals surface area contributed by atoms with Crippen LogP contribution in [0.15, 0.2) is 40.6 Å². The fraction of sp³-hybridized carbons (Fsp3) is 0.391. The number of hydrogen-bond acceptors (Lipinski definition) is 9. The number of primary amides is 1. The molecule has 0 bridgehead atoms. The van der Waals surface area contributed by atoms with E-state index < -0.39 is 23.6 Å². The second-order valence-corrected chi connectivity index (χ2v) is 8.49. The van der Waals surface area contributed by atoms with Crippen LogP contribution in [-0.2, 0) is 9.47 Å². The third-order valence-electron chi connectivity index (χ3n) is 6.88. The van der Waals surface area contributed by atoms with Crippen LogP contribution in [0.5, 0.6) is 11.5 Å². The lowest BCUT2D eigenvalue weighted by atomic mass is 9.88. The van der Waals surface area contributed by atoms with Crippen LogP contribution >= 0.6 is 0 Å². The van der Waals surface area contributed by atoms with Gasteiger partial charge in [0.25, 0.3) is 5.91 Å². The first-order chi connectivity index (χ1) is 16.3. The average molecular weight is 467 g/mol. The van der Waals surface area contributed by atoms with E-state index in [4.69, 9.17) is 19.9 Å². The summed E-state index contributed by atoms with van der Waals surface area (Å²) in [7, 11) is 3.10. The van der Waals surface area contributed by atoms with Gasteiger partial charge >= 0.3 is 6.09 Å². The van der Waals surface area contributed by atoms with Crippen molar-refractivity contribution in [2.45, 2.75) is 30.7 Å². The van der Waals surface area contributed by atoms with Crippen molar-refractivity contribution in [3.05, 3.63) is 47.0 Å². The van der Waals surface area contributed by atoms with Gasteiger partial charge in [-0.1, -0.05) is 18.2 Å². The molecule has 0 radical (unpaired) electrons. The fourth-order valence-corrected chi connectivity index (χ4v) is 5.40. The van der Waals surface area contributed by atoms with Gasteiger partial charge in [0.2, 0.25) is 0 Å². The van der Waals surface area contributed by atoms with E-state index in [2.05, 4.69) is 15.5 Å². The first kappa shape index (κ1) is 22.1. The van der Waals surface area contributed by atoms with Gasteiger partial charge in [0.05, 0.1) is 24.8 Å². The Morgan fingerprint density at radius 2 is 2.03 bits per heavy atom. The van der Waals surface area contributed by atoms with Crippen LogP contribution in [0.25, 0.3) is 0 Å². The molecule has 178 valence electrons. The van der Waals surface area contributed by atoms with E-state index in [1.54, 1.807) is 44.4 Å². The topological polar surface area (TPSA) is 158 Å². The van der Waals surface area contributed by atoms with Gasteiger partial charge in [-0.2, -0.15) is 0 Å².